The monoisotopic (exact) mass is 1450 g/mol. The lowest BCUT2D eigenvalue weighted by atomic mass is 9.96. The van der Waals surface area contributed by atoms with Gasteiger partial charge in [-0.25, -0.2) is 0 Å². The summed E-state index contributed by atoms with van der Waals surface area (Å²) in [5.74, 6) is -0.232. The number of nitrogens with one attached hydrogen (secondary N) is 1. The van der Waals surface area contributed by atoms with Crippen LogP contribution in [0.25, 0.3) is 0 Å². The van der Waals surface area contributed by atoms with Crippen molar-refractivity contribution in [2.75, 3.05) is 26.4 Å². The van der Waals surface area contributed by atoms with Crippen LogP contribution in [0.4, 0.5) is 0 Å². The quantitative estimate of drug-likeness (QED) is 0.0252. The normalized spacial score (nSPS) is 26.2. The number of aliphatic hydroxyl groups excluding tert-OH is 11. The first-order chi connectivity index (χ1) is 49.3. The van der Waals surface area contributed by atoms with Crippen LogP contribution in [0.3, 0.4) is 0 Å². The van der Waals surface area contributed by atoms with Crippen LogP contribution < -0.4 is 5.32 Å². The van der Waals surface area contributed by atoms with Crippen LogP contribution in [-0.2, 0) is 33.2 Å². The molecule has 600 valence electrons. The minimum Gasteiger partial charge on any atom is -0.394 e. The number of carbonyl (C=O) groups excluding carboxylic acids is 1. The molecule has 0 aliphatic carbocycles. The van der Waals surface area contributed by atoms with Gasteiger partial charge >= 0.3 is 0 Å². The van der Waals surface area contributed by atoms with Gasteiger partial charge in [0.05, 0.1) is 38.6 Å². The van der Waals surface area contributed by atoms with E-state index in [-0.39, 0.29) is 18.9 Å². The van der Waals surface area contributed by atoms with Gasteiger partial charge in [0.2, 0.25) is 5.91 Å². The van der Waals surface area contributed by atoms with E-state index in [9.17, 15) is 61.0 Å². The van der Waals surface area contributed by atoms with Crippen molar-refractivity contribution < 1.29 is 89.4 Å². The van der Waals surface area contributed by atoms with E-state index in [0.29, 0.717) is 12.8 Å². The van der Waals surface area contributed by atoms with Crippen LogP contribution >= 0.6 is 0 Å². The SMILES string of the molecule is CCCCCCCCCCCCCCCCCCCCCCCCCCCCCCCC(O)C(COC1OC(CO)C(OC2OC(CO)C(OC3OC(CO)C(O)C(O)C3O)C(O)C2O)C(O)C1O)NC(=O)CCCCCCCCCCCCCCCCCCCCCCCCCCCCC. The molecule has 12 N–H and O–H groups in total. The lowest BCUT2D eigenvalue weighted by Crippen LogP contribution is -2.66. The largest absolute Gasteiger partial charge is 0.394 e. The molecule has 0 aromatic rings. The van der Waals surface area contributed by atoms with Crippen LogP contribution in [-0.4, -0.2) is 193 Å². The van der Waals surface area contributed by atoms with E-state index in [2.05, 4.69) is 19.2 Å². The van der Waals surface area contributed by atoms with Crippen LogP contribution in [0, 0.1) is 0 Å². The molecule has 0 radical (unpaired) electrons. The van der Waals surface area contributed by atoms with Gasteiger partial charge in [-0.1, -0.05) is 367 Å². The summed E-state index contributed by atoms with van der Waals surface area (Å²) in [4.78, 5) is 13.5. The first-order valence-electron chi connectivity index (χ1n) is 42.8. The van der Waals surface area contributed by atoms with Crippen LogP contribution in [0.1, 0.15) is 386 Å². The first kappa shape index (κ1) is 94.0. The van der Waals surface area contributed by atoms with Crippen molar-refractivity contribution in [3.8, 4) is 0 Å². The van der Waals surface area contributed by atoms with Crippen molar-refractivity contribution >= 4 is 5.91 Å². The average Bonchev–Trinajstić information content (AvgIpc) is 0.782. The van der Waals surface area contributed by atoms with E-state index in [1.165, 1.54) is 308 Å². The number of hydrogen-bond acceptors (Lipinski definition) is 18. The molecule has 17 atom stereocenters. The van der Waals surface area contributed by atoms with Crippen LogP contribution in [0.2, 0.25) is 0 Å². The Balaban J connectivity index is 1.34. The van der Waals surface area contributed by atoms with Crippen molar-refractivity contribution in [2.45, 2.75) is 491 Å². The summed E-state index contributed by atoms with van der Waals surface area (Å²) in [5, 5.41) is 121. The third-order valence-corrected chi connectivity index (χ3v) is 21.9. The van der Waals surface area contributed by atoms with Crippen LogP contribution in [0.15, 0.2) is 0 Å². The molecule has 0 spiro atoms. The number of aliphatic hydroxyl groups is 11. The molecule has 3 fully saturated rings. The number of ether oxygens (including phenoxy) is 6. The Morgan fingerprint density at radius 3 is 0.861 bits per heavy atom. The average molecular weight is 1450 g/mol. The van der Waals surface area contributed by atoms with Gasteiger partial charge in [0.25, 0.3) is 0 Å². The molecule has 0 aromatic carbocycles. The fourth-order valence-electron chi connectivity index (χ4n) is 15.1. The zero-order valence-electron chi connectivity index (χ0n) is 64.4. The van der Waals surface area contributed by atoms with Gasteiger partial charge in [-0.3, -0.25) is 4.79 Å². The Morgan fingerprint density at radius 2 is 0.564 bits per heavy atom. The summed E-state index contributed by atoms with van der Waals surface area (Å²) < 4.78 is 34.6. The maximum atomic E-state index is 13.5. The van der Waals surface area contributed by atoms with Gasteiger partial charge in [-0.2, -0.15) is 0 Å². The van der Waals surface area contributed by atoms with E-state index in [1.54, 1.807) is 0 Å². The summed E-state index contributed by atoms with van der Waals surface area (Å²) in [7, 11) is 0. The van der Waals surface area contributed by atoms with E-state index >= 15 is 0 Å². The molecule has 3 saturated heterocycles. The molecule has 19 heteroatoms. The van der Waals surface area contributed by atoms with Gasteiger partial charge in [-0.05, 0) is 12.8 Å². The molecule has 3 heterocycles. The third-order valence-electron chi connectivity index (χ3n) is 21.9. The molecule has 3 aliphatic heterocycles. The second-order valence-electron chi connectivity index (χ2n) is 31.0. The zero-order chi connectivity index (χ0) is 73.2. The molecule has 19 nitrogen and oxygen atoms in total. The van der Waals surface area contributed by atoms with Crippen LogP contribution in [0.5, 0.6) is 0 Å². The predicted octanol–water partition coefficient (Wildman–Crippen LogP) is 15.0. The lowest BCUT2D eigenvalue weighted by molar-refractivity contribution is -0.379. The van der Waals surface area contributed by atoms with E-state index in [4.69, 9.17) is 28.4 Å². The summed E-state index contributed by atoms with van der Waals surface area (Å²) in [6.07, 6.45) is 47.7. The van der Waals surface area contributed by atoms with Crippen molar-refractivity contribution in [3.05, 3.63) is 0 Å². The maximum Gasteiger partial charge on any atom is 0.220 e. The molecule has 3 rings (SSSR count). The maximum absolute atomic E-state index is 13.5. The second-order valence-corrected chi connectivity index (χ2v) is 31.0. The van der Waals surface area contributed by atoms with Crippen molar-refractivity contribution in [3.63, 3.8) is 0 Å². The Kier molecular flexibility index (Phi) is 59.3. The molecular formula is C82H159NO18. The molecule has 17 unspecified atom stereocenters. The minimum absolute atomic E-state index is 0.232. The lowest BCUT2D eigenvalue weighted by Gasteiger charge is -2.48. The first-order valence-corrected chi connectivity index (χ1v) is 42.8. The summed E-state index contributed by atoms with van der Waals surface area (Å²) in [6.45, 7) is 1.89. The van der Waals surface area contributed by atoms with E-state index in [1.807, 2.05) is 0 Å². The Hall–Kier alpha value is -1.21. The molecular weight excluding hydrogens is 1290 g/mol. The van der Waals surface area contributed by atoms with Crippen molar-refractivity contribution in [2.24, 2.45) is 0 Å². The third kappa shape index (κ3) is 43.5. The summed E-state index contributed by atoms with van der Waals surface area (Å²) in [5.41, 5.74) is 0. The van der Waals surface area contributed by atoms with Gasteiger partial charge in [0.15, 0.2) is 18.9 Å². The van der Waals surface area contributed by atoms with Gasteiger partial charge in [0.1, 0.15) is 73.2 Å². The van der Waals surface area contributed by atoms with Gasteiger partial charge in [0, 0.05) is 6.42 Å². The predicted molar refractivity (Wildman–Crippen MR) is 402 cm³/mol. The van der Waals surface area contributed by atoms with Gasteiger partial charge in [-0.15, -0.1) is 0 Å². The molecule has 0 saturated carbocycles. The highest BCUT2D eigenvalue weighted by molar-refractivity contribution is 5.76. The highest BCUT2D eigenvalue weighted by atomic mass is 16.8. The van der Waals surface area contributed by atoms with Crippen molar-refractivity contribution in [1.82, 2.24) is 5.32 Å². The number of rotatable bonds is 70. The smallest absolute Gasteiger partial charge is 0.220 e. The number of amides is 1. The van der Waals surface area contributed by atoms with E-state index in [0.717, 1.165) is 44.9 Å². The summed E-state index contributed by atoms with van der Waals surface area (Å²) >= 11 is 0. The minimum atomic E-state index is -1.97. The summed E-state index contributed by atoms with van der Waals surface area (Å²) in [6, 6.07) is -0.884. The molecule has 0 bridgehead atoms. The Morgan fingerprint density at radius 1 is 0.317 bits per heavy atom. The number of hydrogen-bond donors (Lipinski definition) is 12. The second kappa shape index (κ2) is 63.7. The highest BCUT2D eigenvalue weighted by Gasteiger charge is 2.54. The Labute approximate surface area is 614 Å². The molecule has 101 heavy (non-hydrogen) atoms. The Bertz CT molecular complexity index is 1820. The van der Waals surface area contributed by atoms with E-state index < -0.39 is 124 Å². The topological polar surface area (TPSA) is 307 Å². The fourth-order valence-corrected chi connectivity index (χ4v) is 15.1. The highest BCUT2D eigenvalue weighted by Crippen LogP contribution is 2.34. The van der Waals surface area contributed by atoms with Gasteiger partial charge < -0.3 is 89.9 Å². The molecule has 0 aromatic heterocycles. The standard InChI is InChI=1S/C82H159NO18/c1-3-5-7-9-11-13-15-17-19-21-23-25-27-29-31-32-34-35-37-39-41-43-45-47-49-51-53-55-57-59-66(87)65(83-70(88)60-58-56-54-52-50-48-46-44-42-40-38-36-33-30-28-26-24-22-20-18-16-14-12-10-8-6-4-2)64-96-80-76(94)73(91)78(68(62-85)98-80)101-82-77(95)74(92)79(69(63-86)99-82)100-81-75(93)72(90)71(89)67(61-84)97-81/h65-69,71-82,84-87,89-95H,3-64H2,1-2H3,(H,83,88). The molecule has 1 amide bonds. The zero-order valence-corrected chi connectivity index (χ0v) is 64.4. The van der Waals surface area contributed by atoms with Crippen molar-refractivity contribution in [1.29, 1.82) is 0 Å². The number of unbranched alkanes of at least 4 members (excludes halogenated alkanes) is 54. The number of carbonyl (C=O) groups is 1. The fraction of sp³-hybridized carbons (Fsp3) is 0.988. The molecule has 3 aliphatic rings.